The first-order valence-corrected chi connectivity index (χ1v) is 16.3. The van der Waals surface area contributed by atoms with Crippen LogP contribution in [0.2, 0.25) is 10.0 Å². The largest absolute Gasteiger partial charge is 0.481 e. The molecule has 1 fully saturated rings. The molecule has 2 aliphatic rings. The molecule has 48 heavy (non-hydrogen) atoms. The van der Waals surface area contributed by atoms with Crippen molar-refractivity contribution in [1.82, 2.24) is 29.4 Å². The highest BCUT2D eigenvalue weighted by atomic mass is 35.5. The minimum atomic E-state index is -0.564. The molecule has 2 aromatic carbocycles. The second-order valence-corrected chi connectivity index (χ2v) is 12.7. The zero-order valence-corrected chi connectivity index (χ0v) is 28.0. The number of aliphatic hydroxyl groups excluding tert-OH is 1. The molecular weight excluding hydrogens is 657 g/mol. The third-order valence-corrected chi connectivity index (χ3v) is 9.96. The van der Waals surface area contributed by atoms with Gasteiger partial charge in [-0.15, -0.1) is 0 Å². The third kappa shape index (κ3) is 5.53. The smallest absolute Gasteiger partial charge is 0.332 e. The number of benzene rings is 2. The normalized spacial score (nSPS) is 19.0. The zero-order valence-electron chi connectivity index (χ0n) is 26.5. The number of fused-ring (bicyclic) bond motifs is 2. The molecule has 0 bridgehead atoms. The molecule has 0 unspecified atom stereocenters. The molecule has 0 amide bonds. The molecule has 0 spiro atoms. The lowest BCUT2D eigenvalue weighted by atomic mass is 9.99. The Morgan fingerprint density at radius 3 is 2.52 bits per heavy atom. The fraction of sp³-hybridized carbons (Fsp3) is 0.324. The minimum absolute atomic E-state index is 0.00202. The number of hydrogen-bond acceptors (Lipinski definition) is 10. The number of aliphatic hydroxyl groups is 1. The Hall–Kier alpha value is -4.33. The summed E-state index contributed by atoms with van der Waals surface area (Å²) in [6.07, 6.45) is 3.13. The zero-order chi connectivity index (χ0) is 33.7. The lowest BCUT2D eigenvalue weighted by molar-refractivity contribution is -0.0304. The first-order chi connectivity index (χ1) is 23.2. The van der Waals surface area contributed by atoms with Crippen molar-refractivity contribution in [3.63, 3.8) is 0 Å². The molecule has 3 atom stereocenters. The second kappa shape index (κ2) is 12.9. The Bertz CT molecular complexity index is 2190. The molecule has 1 saturated heterocycles. The first kappa shape index (κ1) is 32.2. The molecule has 3 aromatic heterocycles. The van der Waals surface area contributed by atoms with Crippen molar-refractivity contribution in [3.05, 3.63) is 90.8 Å². The lowest BCUT2D eigenvalue weighted by Crippen LogP contribution is -2.47. The number of aromatic nitrogens is 5. The highest BCUT2D eigenvalue weighted by molar-refractivity contribution is 6.39. The van der Waals surface area contributed by atoms with Crippen molar-refractivity contribution < 1.29 is 14.6 Å². The number of aryl methyl sites for hydroxylation is 2. The van der Waals surface area contributed by atoms with Crippen molar-refractivity contribution in [3.8, 4) is 28.3 Å². The Balaban J connectivity index is 1.24. The monoisotopic (exact) mass is 689 g/mol. The maximum Gasteiger partial charge on any atom is 0.332 e. The summed E-state index contributed by atoms with van der Waals surface area (Å²) in [5, 5.41) is 18.2. The SMILES string of the molecule is COc1nc(-c2cccc(-c3cccc(Nc4ncnc5c4c(=O)n(C)c(=O)n5C)c3Cl)c2Cl)cc2c1[C@@H](N[C@H]1CCOC[C@H]1O)CC2. The van der Waals surface area contributed by atoms with Gasteiger partial charge in [0.25, 0.3) is 5.56 Å². The quantitative estimate of drug-likeness (QED) is 0.223. The molecular formula is C34H33Cl2N7O5. The highest BCUT2D eigenvalue weighted by Crippen LogP contribution is 2.44. The minimum Gasteiger partial charge on any atom is -0.481 e. The van der Waals surface area contributed by atoms with Gasteiger partial charge in [0.2, 0.25) is 5.88 Å². The van der Waals surface area contributed by atoms with Crippen molar-refractivity contribution >= 4 is 45.7 Å². The van der Waals surface area contributed by atoms with Crippen LogP contribution in [0.1, 0.15) is 30.0 Å². The van der Waals surface area contributed by atoms with Crippen LogP contribution < -0.4 is 26.6 Å². The third-order valence-electron chi connectivity index (χ3n) is 9.15. The Morgan fingerprint density at radius 2 is 1.75 bits per heavy atom. The summed E-state index contributed by atoms with van der Waals surface area (Å²) < 4.78 is 13.5. The number of nitrogens with one attached hydrogen (secondary N) is 2. The van der Waals surface area contributed by atoms with E-state index in [-0.39, 0.29) is 28.9 Å². The lowest BCUT2D eigenvalue weighted by Gasteiger charge is -2.31. The van der Waals surface area contributed by atoms with Crippen LogP contribution in [0.3, 0.4) is 0 Å². The van der Waals surface area contributed by atoms with Crippen molar-refractivity contribution in [2.75, 3.05) is 25.6 Å². The summed E-state index contributed by atoms with van der Waals surface area (Å²) in [6.45, 7) is 0.934. The number of methoxy groups -OCH3 is 1. The molecule has 3 N–H and O–H groups in total. The van der Waals surface area contributed by atoms with Crippen LogP contribution in [0, 0.1) is 0 Å². The van der Waals surface area contributed by atoms with Crippen LogP contribution in [0.5, 0.6) is 5.88 Å². The van der Waals surface area contributed by atoms with Crippen molar-refractivity contribution in [1.29, 1.82) is 0 Å². The van der Waals surface area contributed by atoms with Gasteiger partial charge in [0.15, 0.2) is 5.65 Å². The van der Waals surface area contributed by atoms with Crippen molar-refractivity contribution in [2.45, 2.75) is 37.5 Å². The number of rotatable bonds is 7. The van der Waals surface area contributed by atoms with E-state index in [1.54, 1.807) is 20.2 Å². The predicted molar refractivity (Wildman–Crippen MR) is 184 cm³/mol. The van der Waals surface area contributed by atoms with Gasteiger partial charge in [-0.2, -0.15) is 0 Å². The van der Waals surface area contributed by atoms with Crippen LogP contribution in [0.15, 0.2) is 58.4 Å². The summed E-state index contributed by atoms with van der Waals surface area (Å²) in [6, 6.07) is 13.1. The topological polar surface area (TPSA) is 145 Å². The van der Waals surface area contributed by atoms with Gasteiger partial charge in [0.05, 0.1) is 41.2 Å². The van der Waals surface area contributed by atoms with E-state index in [0.29, 0.717) is 57.2 Å². The molecule has 0 saturated carbocycles. The maximum atomic E-state index is 13.1. The summed E-state index contributed by atoms with van der Waals surface area (Å²) in [5.74, 6) is 0.731. The first-order valence-electron chi connectivity index (χ1n) is 15.5. The van der Waals surface area contributed by atoms with Gasteiger partial charge in [0, 0.05) is 55.0 Å². The highest BCUT2D eigenvalue weighted by Gasteiger charge is 2.33. The number of nitrogens with zero attached hydrogens (tertiary/aromatic N) is 5. The van der Waals surface area contributed by atoms with E-state index in [4.69, 9.17) is 37.7 Å². The van der Waals surface area contributed by atoms with Crippen LogP contribution in [0.25, 0.3) is 33.4 Å². The van der Waals surface area contributed by atoms with Crippen LogP contribution in [-0.2, 0) is 25.3 Å². The van der Waals surface area contributed by atoms with Crippen molar-refractivity contribution in [2.24, 2.45) is 14.1 Å². The van der Waals surface area contributed by atoms with Gasteiger partial charge in [-0.3, -0.25) is 13.9 Å². The molecule has 5 aromatic rings. The van der Waals surface area contributed by atoms with E-state index in [1.807, 2.05) is 30.3 Å². The summed E-state index contributed by atoms with van der Waals surface area (Å²) in [4.78, 5) is 38.9. The van der Waals surface area contributed by atoms with Crippen LogP contribution in [-0.4, -0.2) is 61.7 Å². The fourth-order valence-electron chi connectivity index (χ4n) is 6.64. The van der Waals surface area contributed by atoms with E-state index >= 15 is 0 Å². The Morgan fingerprint density at radius 1 is 1.00 bits per heavy atom. The van der Waals surface area contributed by atoms with Gasteiger partial charge in [-0.1, -0.05) is 53.5 Å². The van der Waals surface area contributed by atoms with Gasteiger partial charge in [-0.05, 0) is 37.0 Å². The summed E-state index contributed by atoms with van der Waals surface area (Å²) in [7, 11) is 4.56. The van der Waals surface area contributed by atoms with Gasteiger partial charge >= 0.3 is 5.69 Å². The summed E-state index contributed by atoms with van der Waals surface area (Å²) in [5.41, 5.74) is 4.50. The van der Waals surface area contributed by atoms with E-state index in [9.17, 15) is 14.7 Å². The van der Waals surface area contributed by atoms with E-state index < -0.39 is 17.4 Å². The summed E-state index contributed by atoms with van der Waals surface area (Å²) >= 11 is 14.1. The molecule has 1 aliphatic heterocycles. The standard InChI is InChI=1S/C34H33Cl2N7O5/c1-42-31-27(33(45)43(2)34(42)46)30(37-16-38-31)40-23-9-5-7-19(29(23)36)18-6-4-8-20(28(18)35)24-14-17-10-11-22(26(17)32(41-24)47-3)39-21-12-13-48-15-25(21)44/h4-9,14,16,21-22,25,39,44H,10-13,15H2,1-3H3,(H,37,38,40)/t21-,22-,25+/m0/s1. The fourth-order valence-corrected chi connectivity index (χ4v) is 7.24. The van der Waals surface area contributed by atoms with Gasteiger partial charge < -0.3 is 25.2 Å². The Labute approximate surface area is 285 Å². The van der Waals surface area contributed by atoms with Crippen LogP contribution in [0.4, 0.5) is 11.5 Å². The molecule has 4 heterocycles. The predicted octanol–water partition coefficient (Wildman–Crippen LogP) is 4.54. The number of pyridine rings is 1. The average molecular weight is 691 g/mol. The average Bonchev–Trinajstić information content (AvgIpc) is 3.50. The van der Waals surface area contributed by atoms with E-state index in [1.165, 1.54) is 17.9 Å². The second-order valence-electron chi connectivity index (χ2n) is 12.0. The molecule has 248 valence electrons. The van der Waals surface area contributed by atoms with Gasteiger partial charge in [-0.25, -0.2) is 19.7 Å². The van der Waals surface area contributed by atoms with Crippen LogP contribution >= 0.6 is 23.2 Å². The molecule has 12 nitrogen and oxygen atoms in total. The Kier molecular flexibility index (Phi) is 8.69. The molecule has 0 radical (unpaired) electrons. The van der Waals surface area contributed by atoms with E-state index in [0.717, 1.165) is 35.0 Å². The number of anilines is 2. The number of halogens is 2. The molecule has 14 heteroatoms. The van der Waals surface area contributed by atoms with E-state index in [2.05, 4.69) is 26.7 Å². The maximum absolute atomic E-state index is 13.1. The number of ether oxygens (including phenoxy) is 2. The molecule has 7 rings (SSSR count). The molecule has 1 aliphatic carbocycles. The van der Waals surface area contributed by atoms with Gasteiger partial charge in [0.1, 0.15) is 17.5 Å². The number of hydrogen-bond donors (Lipinski definition) is 3.